The van der Waals surface area contributed by atoms with Crippen LogP contribution in [0.4, 0.5) is 0 Å². The Bertz CT molecular complexity index is 539. The Morgan fingerprint density at radius 3 is 2.36 bits per heavy atom. The molecule has 1 aromatic heterocycles. The molecule has 22 heavy (non-hydrogen) atoms. The van der Waals surface area contributed by atoms with Gasteiger partial charge in [-0.15, -0.1) is 0 Å². The van der Waals surface area contributed by atoms with E-state index >= 15 is 0 Å². The van der Waals surface area contributed by atoms with Gasteiger partial charge in [0.1, 0.15) is 5.75 Å². The lowest BCUT2D eigenvalue weighted by molar-refractivity contribution is -0.688. The molecule has 1 fully saturated rings. The summed E-state index contributed by atoms with van der Waals surface area (Å²) in [6, 6.07) is 14.6. The van der Waals surface area contributed by atoms with Gasteiger partial charge in [-0.25, -0.2) is 4.57 Å². The average Bonchev–Trinajstić information content (AvgIpc) is 2.56. The van der Waals surface area contributed by atoms with Crippen molar-refractivity contribution >= 4 is 0 Å². The van der Waals surface area contributed by atoms with Crippen LogP contribution >= 0.6 is 0 Å². The summed E-state index contributed by atoms with van der Waals surface area (Å²) in [6.45, 7) is 3.44. The van der Waals surface area contributed by atoms with Crippen LogP contribution in [0.5, 0.6) is 5.75 Å². The normalized spacial score (nSPS) is 15.1. The summed E-state index contributed by atoms with van der Waals surface area (Å²) in [4.78, 5) is 0. The molecule has 0 spiro atoms. The van der Waals surface area contributed by atoms with E-state index in [4.69, 9.17) is 9.47 Å². The van der Waals surface area contributed by atoms with Crippen LogP contribution in [0, 0.1) is 5.92 Å². The highest BCUT2D eigenvalue weighted by molar-refractivity contribution is 5.16. The molecule has 0 bridgehead atoms. The van der Waals surface area contributed by atoms with Gasteiger partial charge in [-0.05, 0) is 18.8 Å². The number of rotatable bonds is 5. The predicted octanol–water partition coefficient (Wildman–Crippen LogP) is -0.168. The van der Waals surface area contributed by atoms with Crippen LogP contribution < -0.4 is 26.3 Å². The van der Waals surface area contributed by atoms with Crippen molar-refractivity contribution < 1.29 is 31.0 Å². The fraction of sp³-hybridized carbons (Fsp3) is 0.389. The van der Waals surface area contributed by atoms with Gasteiger partial charge in [-0.2, -0.15) is 0 Å². The summed E-state index contributed by atoms with van der Waals surface area (Å²) in [6.07, 6.45) is 6.38. The highest BCUT2D eigenvalue weighted by Gasteiger charge is 2.14. The van der Waals surface area contributed by atoms with E-state index < -0.39 is 0 Å². The zero-order valence-corrected chi connectivity index (χ0v) is 14.2. The van der Waals surface area contributed by atoms with E-state index in [1.54, 1.807) is 0 Å². The number of halogens is 1. The molecule has 1 aromatic carbocycles. The van der Waals surface area contributed by atoms with E-state index in [0.717, 1.165) is 45.0 Å². The Morgan fingerprint density at radius 2 is 1.68 bits per heavy atom. The monoisotopic (exact) mass is 363 g/mol. The second-order valence-corrected chi connectivity index (χ2v) is 5.56. The van der Waals surface area contributed by atoms with E-state index in [2.05, 4.69) is 41.2 Å². The standard InChI is InChI=1S/C18H22NO2.BrH/c1-2-4-16(5-3-1)14-19-10-6-18(7-11-19)21-15-17-8-12-20-13-9-17;/h1-7,10-11,17H,8-9,12-15H2;1H/q+1;/p-1. The minimum atomic E-state index is 0. The third-order valence-corrected chi connectivity index (χ3v) is 3.90. The van der Waals surface area contributed by atoms with Crippen molar-refractivity contribution in [3.05, 3.63) is 60.4 Å². The number of hydrogen-bond donors (Lipinski definition) is 0. The number of benzene rings is 1. The van der Waals surface area contributed by atoms with Crippen molar-refractivity contribution in [2.75, 3.05) is 19.8 Å². The lowest BCUT2D eigenvalue weighted by atomic mass is 10.0. The molecule has 4 heteroatoms. The summed E-state index contributed by atoms with van der Waals surface area (Å²) < 4.78 is 13.4. The van der Waals surface area contributed by atoms with Crippen molar-refractivity contribution in [3.8, 4) is 5.75 Å². The minimum Gasteiger partial charge on any atom is -1.00 e. The molecule has 3 rings (SSSR count). The van der Waals surface area contributed by atoms with E-state index in [1.165, 1.54) is 5.56 Å². The van der Waals surface area contributed by atoms with Crippen LogP contribution in [0.1, 0.15) is 18.4 Å². The van der Waals surface area contributed by atoms with Gasteiger partial charge in [0.15, 0.2) is 18.9 Å². The van der Waals surface area contributed by atoms with Crippen molar-refractivity contribution in [2.45, 2.75) is 19.4 Å². The lowest BCUT2D eigenvalue weighted by Crippen LogP contribution is -3.00. The first-order valence-electron chi connectivity index (χ1n) is 7.64. The molecule has 0 atom stereocenters. The van der Waals surface area contributed by atoms with Crippen molar-refractivity contribution in [1.82, 2.24) is 0 Å². The number of ether oxygens (including phenoxy) is 2. The van der Waals surface area contributed by atoms with E-state index in [0.29, 0.717) is 5.92 Å². The van der Waals surface area contributed by atoms with E-state index in [-0.39, 0.29) is 17.0 Å². The molecule has 2 aromatic rings. The molecule has 1 aliphatic rings. The van der Waals surface area contributed by atoms with Crippen molar-refractivity contribution in [2.24, 2.45) is 5.92 Å². The number of aromatic nitrogens is 1. The minimum absolute atomic E-state index is 0. The smallest absolute Gasteiger partial charge is 0.173 e. The van der Waals surface area contributed by atoms with Crippen LogP contribution in [0.25, 0.3) is 0 Å². The Hall–Kier alpha value is -1.39. The van der Waals surface area contributed by atoms with Gasteiger partial charge >= 0.3 is 0 Å². The second-order valence-electron chi connectivity index (χ2n) is 5.56. The van der Waals surface area contributed by atoms with Crippen LogP contribution in [0.15, 0.2) is 54.9 Å². The third-order valence-electron chi connectivity index (χ3n) is 3.90. The SMILES string of the molecule is [Br-].c1ccc(C[n+]2ccc(OCC3CCOCC3)cc2)cc1. The van der Waals surface area contributed by atoms with Gasteiger partial charge in [0.25, 0.3) is 0 Å². The molecular formula is C18H22BrNO2. The molecule has 0 saturated carbocycles. The third kappa shape index (κ3) is 5.11. The molecule has 2 heterocycles. The van der Waals surface area contributed by atoms with Gasteiger partial charge in [0.2, 0.25) is 0 Å². The van der Waals surface area contributed by atoms with E-state index in [9.17, 15) is 0 Å². The number of nitrogens with zero attached hydrogens (tertiary/aromatic N) is 1. The van der Waals surface area contributed by atoms with Crippen molar-refractivity contribution in [3.63, 3.8) is 0 Å². The molecule has 3 nitrogen and oxygen atoms in total. The van der Waals surface area contributed by atoms with Gasteiger partial charge in [-0.1, -0.05) is 30.3 Å². The van der Waals surface area contributed by atoms with Crippen LogP contribution in [0.3, 0.4) is 0 Å². The lowest BCUT2D eigenvalue weighted by Gasteiger charge is -2.21. The number of hydrogen-bond acceptors (Lipinski definition) is 2. The maximum absolute atomic E-state index is 5.88. The van der Waals surface area contributed by atoms with Crippen LogP contribution in [-0.4, -0.2) is 19.8 Å². The first-order valence-corrected chi connectivity index (χ1v) is 7.64. The molecule has 0 N–H and O–H groups in total. The quantitative estimate of drug-likeness (QED) is 0.688. The predicted molar refractivity (Wildman–Crippen MR) is 81.2 cm³/mol. The van der Waals surface area contributed by atoms with Crippen LogP contribution in [-0.2, 0) is 11.3 Å². The molecule has 0 radical (unpaired) electrons. The molecule has 0 amide bonds. The topological polar surface area (TPSA) is 22.3 Å². The zero-order chi connectivity index (χ0) is 14.3. The Labute approximate surface area is 142 Å². The van der Waals surface area contributed by atoms with Gasteiger partial charge in [0.05, 0.1) is 6.61 Å². The Balaban J connectivity index is 0.00000176. The maximum atomic E-state index is 5.88. The fourth-order valence-electron chi connectivity index (χ4n) is 2.57. The fourth-order valence-corrected chi connectivity index (χ4v) is 2.57. The molecule has 1 saturated heterocycles. The average molecular weight is 364 g/mol. The summed E-state index contributed by atoms with van der Waals surface area (Å²) in [5.74, 6) is 1.58. The first-order chi connectivity index (χ1) is 10.4. The highest BCUT2D eigenvalue weighted by Crippen LogP contribution is 2.16. The van der Waals surface area contributed by atoms with Crippen molar-refractivity contribution in [1.29, 1.82) is 0 Å². The number of pyridine rings is 1. The Kier molecular flexibility index (Phi) is 6.87. The molecule has 0 aliphatic carbocycles. The van der Waals surface area contributed by atoms with Gasteiger partial charge < -0.3 is 26.5 Å². The van der Waals surface area contributed by atoms with Gasteiger partial charge in [0, 0.05) is 30.9 Å². The van der Waals surface area contributed by atoms with Gasteiger partial charge in [-0.3, -0.25) is 0 Å². The maximum Gasteiger partial charge on any atom is 0.173 e. The molecule has 118 valence electrons. The molecule has 0 unspecified atom stereocenters. The molecule has 1 aliphatic heterocycles. The first kappa shape index (κ1) is 17.0. The van der Waals surface area contributed by atoms with Crippen LogP contribution in [0.2, 0.25) is 0 Å². The second kappa shape index (κ2) is 8.91. The summed E-state index contributed by atoms with van der Waals surface area (Å²) >= 11 is 0. The summed E-state index contributed by atoms with van der Waals surface area (Å²) in [5, 5.41) is 0. The largest absolute Gasteiger partial charge is 1.00 e. The zero-order valence-electron chi connectivity index (χ0n) is 12.7. The molecular weight excluding hydrogens is 342 g/mol. The summed E-state index contributed by atoms with van der Waals surface area (Å²) in [7, 11) is 0. The summed E-state index contributed by atoms with van der Waals surface area (Å²) in [5.41, 5.74) is 1.30. The highest BCUT2D eigenvalue weighted by atomic mass is 79.9. The Morgan fingerprint density at radius 1 is 1.00 bits per heavy atom. The van der Waals surface area contributed by atoms with E-state index in [1.807, 2.05) is 18.2 Å².